The predicted octanol–water partition coefficient (Wildman–Crippen LogP) is 1.16. The zero-order valence-corrected chi connectivity index (χ0v) is 14.0. The van der Waals surface area contributed by atoms with Gasteiger partial charge in [0.2, 0.25) is 6.79 Å². The molecule has 1 saturated heterocycles. The smallest absolute Gasteiger partial charge is 0.266 e. The Bertz CT molecular complexity index is 817. The van der Waals surface area contributed by atoms with Gasteiger partial charge in [0.1, 0.15) is 4.32 Å². The number of amides is 1. The number of benzene rings is 1. The normalized spacial score (nSPS) is 19.0. The Morgan fingerprint density at radius 1 is 1.35 bits per heavy atom. The molecular formula is C13H10NO6S3-. The van der Waals surface area contributed by atoms with Gasteiger partial charge in [0.25, 0.3) is 5.91 Å². The average Bonchev–Trinajstić information content (AvgIpc) is 3.02. The molecule has 0 unspecified atom stereocenters. The number of fused-ring (bicyclic) bond motifs is 1. The molecule has 1 aromatic carbocycles. The first-order valence-electron chi connectivity index (χ1n) is 6.42. The van der Waals surface area contributed by atoms with Crippen LogP contribution in [0.15, 0.2) is 23.1 Å². The molecule has 2 aliphatic rings. The van der Waals surface area contributed by atoms with Gasteiger partial charge in [-0.3, -0.25) is 9.69 Å². The molecule has 3 rings (SSSR count). The molecule has 1 aromatic rings. The highest BCUT2D eigenvalue weighted by Gasteiger charge is 2.32. The molecule has 0 spiro atoms. The molecule has 0 radical (unpaired) electrons. The van der Waals surface area contributed by atoms with E-state index in [0.717, 1.165) is 22.2 Å². The Labute approximate surface area is 142 Å². The van der Waals surface area contributed by atoms with E-state index < -0.39 is 21.8 Å². The van der Waals surface area contributed by atoms with Crippen LogP contribution in [0.2, 0.25) is 0 Å². The van der Waals surface area contributed by atoms with Crippen molar-refractivity contribution in [1.29, 1.82) is 0 Å². The summed E-state index contributed by atoms with van der Waals surface area (Å²) in [6, 6.07) is 5.23. The van der Waals surface area contributed by atoms with E-state index in [0.29, 0.717) is 16.4 Å². The van der Waals surface area contributed by atoms with E-state index in [1.165, 1.54) is 0 Å². The van der Waals surface area contributed by atoms with E-state index in [4.69, 9.17) is 21.7 Å². The minimum Gasteiger partial charge on any atom is -0.748 e. The number of rotatable bonds is 4. The molecule has 0 N–H and O–H groups in total. The summed E-state index contributed by atoms with van der Waals surface area (Å²) in [5.74, 6) is 0.139. The summed E-state index contributed by atoms with van der Waals surface area (Å²) in [4.78, 5) is 13.7. The molecule has 2 aliphatic heterocycles. The molecule has 0 atom stereocenters. The Kier molecular flexibility index (Phi) is 4.32. The highest BCUT2D eigenvalue weighted by molar-refractivity contribution is 8.26. The number of nitrogens with zero attached hydrogens (tertiary/aromatic N) is 1. The quantitative estimate of drug-likeness (QED) is 0.441. The second-order valence-electron chi connectivity index (χ2n) is 4.71. The number of carbonyl (C=O) groups excluding carboxylic acids is 1. The second kappa shape index (κ2) is 6.11. The van der Waals surface area contributed by atoms with Gasteiger partial charge in [0.15, 0.2) is 11.5 Å². The van der Waals surface area contributed by atoms with Gasteiger partial charge in [-0.1, -0.05) is 30.0 Å². The first kappa shape index (κ1) is 16.2. The van der Waals surface area contributed by atoms with Crippen LogP contribution in [0.3, 0.4) is 0 Å². The lowest BCUT2D eigenvalue weighted by Crippen LogP contribution is -2.32. The van der Waals surface area contributed by atoms with Gasteiger partial charge in [-0.05, 0) is 23.8 Å². The third-order valence-electron chi connectivity index (χ3n) is 3.13. The molecular weight excluding hydrogens is 362 g/mol. The lowest BCUT2D eigenvalue weighted by Gasteiger charge is -2.15. The predicted molar refractivity (Wildman–Crippen MR) is 87.0 cm³/mol. The number of thioether (sulfide) groups is 1. The maximum absolute atomic E-state index is 12.3. The largest absolute Gasteiger partial charge is 0.748 e. The van der Waals surface area contributed by atoms with Crippen molar-refractivity contribution in [3.05, 3.63) is 28.7 Å². The molecule has 1 amide bonds. The van der Waals surface area contributed by atoms with Gasteiger partial charge >= 0.3 is 0 Å². The second-order valence-corrected chi connectivity index (χ2v) is 7.91. The van der Waals surface area contributed by atoms with Crippen molar-refractivity contribution in [3.8, 4) is 11.5 Å². The van der Waals surface area contributed by atoms with E-state index in [1.807, 2.05) is 0 Å². The van der Waals surface area contributed by atoms with Crippen LogP contribution in [0, 0.1) is 0 Å². The van der Waals surface area contributed by atoms with Crippen LogP contribution in [-0.2, 0) is 14.9 Å². The van der Waals surface area contributed by atoms with Crippen LogP contribution in [0.4, 0.5) is 0 Å². The van der Waals surface area contributed by atoms with E-state index in [9.17, 15) is 17.8 Å². The topological polar surface area (TPSA) is 96.0 Å². The van der Waals surface area contributed by atoms with Crippen LogP contribution in [0.5, 0.6) is 11.5 Å². The SMILES string of the molecule is O=C1/C(=C/c2ccc3c(c2)OCO3)SC(=S)N1CCS(=O)(=O)[O-]. The lowest BCUT2D eigenvalue weighted by molar-refractivity contribution is -0.121. The van der Waals surface area contributed by atoms with Crippen molar-refractivity contribution >= 4 is 50.4 Å². The van der Waals surface area contributed by atoms with E-state index in [1.54, 1.807) is 24.3 Å². The fourth-order valence-corrected chi connectivity index (χ4v) is 3.76. The first-order valence-corrected chi connectivity index (χ1v) is 9.22. The summed E-state index contributed by atoms with van der Waals surface area (Å²) in [6.07, 6.45) is 1.63. The number of hydrogen-bond acceptors (Lipinski definition) is 8. The summed E-state index contributed by atoms with van der Waals surface area (Å²) in [6.45, 7) is -0.0838. The van der Waals surface area contributed by atoms with Crippen LogP contribution in [0.25, 0.3) is 6.08 Å². The van der Waals surface area contributed by atoms with Crippen molar-refractivity contribution in [2.45, 2.75) is 0 Å². The Morgan fingerprint density at radius 3 is 2.83 bits per heavy atom. The average molecular weight is 372 g/mol. The van der Waals surface area contributed by atoms with Gasteiger partial charge in [0, 0.05) is 6.54 Å². The minimum atomic E-state index is -4.40. The van der Waals surface area contributed by atoms with Crippen molar-refractivity contribution in [2.24, 2.45) is 0 Å². The first-order chi connectivity index (χ1) is 10.8. The van der Waals surface area contributed by atoms with Crippen molar-refractivity contribution in [1.82, 2.24) is 4.90 Å². The number of hydrogen-bond donors (Lipinski definition) is 0. The van der Waals surface area contributed by atoms with E-state index in [-0.39, 0.29) is 17.7 Å². The summed E-state index contributed by atoms with van der Waals surface area (Å²) in [5.41, 5.74) is 0.728. The third-order valence-corrected chi connectivity index (χ3v) is 5.19. The number of carbonyl (C=O) groups is 1. The summed E-state index contributed by atoms with van der Waals surface area (Å²) < 4.78 is 42.8. The highest BCUT2D eigenvalue weighted by atomic mass is 32.2. The van der Waals surface area contributed by atoms with Gasteiger partial charge in [0.05, 0.1) is 20.8 Å². The Morgan fingerprint density at radius 2 is 2.09 bits per heavy atom. The zero-order chi connectivity index (χ0) is 16.6. The fraction of sp³-hybridized carbons (Fsp3) is 0.231. The molecule has 10 heteroatoms. The standard InChI is InChI=1S/C13H11NO6S3/c15-12-11(22-13(21)14(12)3-4-23(16,17)18)6-8-1-2-9-10(5-8)20-7-19-9/h1-2,5-6H,3-4,7H2,(H,16,17,18)/p-1/b11-6-. The van der Waals surface area contributed by atoms with Gasteiger partial charge in [-0.25, -0.2) is 8.42 Å². The Hall–Kier alpha value is -1.62. The molecule has 23 heavy (non-hydrogen) atoms. The lowest BCUT2D eigenvalue weighted by atomic mass is 10.2. The maximum Gasteiger partial charge on any atom is 0.266 e. The maximum atomic E-state index is 12.3. The van der Waals surface area contributed by atoms with Gasteiger partial charge in [-0.2, -0.15) is 0 Å². The van der Waals surface area contributed by atoms with Crippen LogP contribution in [0.1, 0.15) is 5.56 Å². The van der Waals surface area contributed by atoms with Crippen molar-refractivity contribution in [2.75, 3.05) is 19.1 Å². The zero-order valence-electron chi connectivity index (χ0n) is 11.6. The van der Waals surface area contributed by atoms with Crippen LogP contribution < -0.4 is 9.47 Å². The fourth-order valence-electron chi connectivity index (χ4n) is 2.05. The van der Waals surface area contributed by atoms with Crippen LogP contribution in [-0.4, -0.2) is 47.2 Å². The molecule has 2 heterocycles. The monoisotopic (exact) mass is 372 g/mol. The molecule has 7 nitrogen and oxygen atoms in total. The van der Waals surface area contributed by atoms with Gasteiger partial charge < -0.3 is 14.0 Å². The molecule has 0 aliphatic carbocycles. The summed E-state index contributed by atoms with van der Waals surface area (Å²) in [5, 5.41) is 0. The number of ether oxygens (including phenoxy) is 2. The molecule has 122 valence electrons. The van der Waals surface area contributed by atoms with E-state index >= 15 is 0 Å². The summed E-state index contributed by atoms with van der Waals surface area (Å²) >= 11 is 6.12. The third kappa shape index (κ3) is 3.66. The Balaban J connectivity index is 1.78. The van der Waals surface area contributed by atoms with Gasteiger partial charge in [-0.15, -0.1) is 0 Å². The summed E-state index contributed by atoms with van der Waals surface area (Å²) in [7, 11) is -4.40. The van der Waals surface area contributed by atoms with E-state index in [2.05, 4.69) is 0 Å². The molecule has 0 saturated carbocycles. The van der Waals surface area contributed by atoms with Crippen LogP contribution >= 0.6 is 24.0 Å². The molecule has 0 bridgehead atoms. The minimum absolute atomic E-state index is 0.157. The van der Waals surface area contributed by atoms with Crippen molar-refractivity contribution in [3.63, 3.8) is 0 Å². The number of thiocarbonyl (C=S) groups is 1. The van der Waals surface area contributed by atoms with Crippen molar-refractivity contribution < 1.29 is 27.2 Å². The highest BCUT2D eigenvalue weighted by Crippen LogP contribution is 2.36. The molecule has 1 fully saturated rings. The molecule has 0 aromatic heterocycles.